The Labute approximate surface area is 125 Å². The van der Waals surface area contributed by atoms with E-state index in [9.17, 15) is 0 Å². The van der Waals surface area contributed by atoms with E-state index in [0.717, 1.165) is 49.1 Å². The zero-order valence-corrected chi connectivity index (χ0v) is 12.9. The minimum Gasteiger partial charge on any atom is -0.497 e. The van der Waals surface area contributed by atoms with Crippen molar-refractivity contribution in [1.29, 1.82) is 0 Å². The molecule has 0 unspecified atom stereocenters. The molecule has 2 aromatic rings. The first kappa shape index (κ1) is 15.4. The summed E-state index contributed by atoms with van der Waals surface area (Å²) in [5.74, 6) is 1.71. The smallest absolute Gasteiger partial charge is 0.207 e. The van der Waals surface area contributed by atoms with Crippen LogP contribution in [-0.4, -0.2) is 36.4 Å². The van der Waals surface area contributed by atoms with Crippen molar-refractivity contribution in [1.82, 2.24) is 9.55 Å². The molecule has 0 aliphatic carbocycles. The van der Waals surface area contributed by atoms with Gasteiger partial charge in [0, 0.05) is 32.2 Å². The Bertz CT molecular complexity index is 566. The van der Waals surface area contributed by atoms with E-state index in [1.54, 1.807) is 13.3 Å². The van der Waals surface area contributed by atoms with Gasteiger partial charge in [0.15, 0.2) is 0 Å². The second-order valence-electron chi connectivity index (χ2n) is 4.75. The molecule has 1 N–H and O–H groups in total. The van der Waals surface area contributed by atoms with Crippen molar-refractivity contribution >= 4 is 5.95 Å². The van der Waals surface area contributed by atoms with Gasteiger partial charge in [0.05, 0.1) is 12.8 Å². The third-order valence-corrected chi connectivity index (χ3v) is 3.26. The summed E-state index contributed by atoms with van der Waals surface area (Å²) in [5, 5.41) is 3.35. The van der Waals surface area contributed by atoms with Gasteiger partial charge in [-0.25, -0.2) is 4.98 Å². The number of aromatic nitrogens is 2. The molecule has 0 atom stereocenters. The molecule has 5 heteroatoms. The maximum Gasteiger partial charge on any atom is 0.207 e. The molecular weight excluding hydrogens is 266 g/mol. The summed E-state index contributed by atoms with van der Waals surface area (Å²) in [5.41, 5.74) is 2.24. The largest absolute Gasteiger partial charge is 0.497 e. The van der Waals surface area contributed by atoms with Crippen molar-refractivity contribution in [2.45, 2.75) is 20.3 Å². The van der Waals surface area contributed by atoms with Crippen LogP contribution in [0.3, 0.4) is 0 Å². The van der Waals surface area contributed by atoms with E-state index in [0.29, 0.717) is 0 Å². The van der Waals surface area contributed by atoms with Crippen LogP contribution < -0.4 is 10.1 Å². The second-order valence-corrected chi connectivity index (χ2v) is 4.75. The highest BCUT2D eigenvalue weighted by Gasteiger charge is 2.07. The van der Waals surface area contributed by atoms with Crippen molar-refractivity contribution < 1.29 is 9.47 Å². The van der Waals surface area contributed by atoms with E-state index in [-0.39, 0.29) is 0 Å². The Morgan fingerprint density at radius 1 is 1.33 bits per heavy atom. The number of benzene rings is 1. The van der Waals surface area contributed by atoms with E-state index in [2.05, 4.69) is 21.8 Å². The van der Waals surface area contributed by atoms with Crippen molar-refractivity contribution in [3.05, 3.63) is 36.2 Å². The van der Waals surface area contributed by atoms with Crippen molar-refractivity contribution in [3.63, 3.8) is 0 Å². The molecule has 0 spiro atoms. The van der Waals surface area contributed by atoms with Crippen molar-refractivity contribution in [3.8, 4) is 11.4 Å². The number of nitrogens with one attached hydrogen (secondary N) is 1. The van der Waals surface area contributed by atoms with Crippen LogP contribution in [0, 0.1) is 6.92 Å². The summed E-state index contributed by atoms with van der Waals surface area (Å²) >= 11 is 0. The molecule has 1 aromatic carbocycles. The van der Waals surface area contributed by atoms with Crippen LogP contribution in [0.4, 0.5) is 5.95 Å². The summed E-state index contributed by atoms with van der Waals surface area (Å²) in [4.78, 5) is 4.37. The fourth-order valence-corrected chi connectivity index (χ4v) is 2.17. The third kappa shape index (κ3) is 3.98. The Kier molecular flexibility index (Phi) is 5.63. The van der Waals surface area contributed by atoms with Gasteiger partial charge in [-0.3, -0.25) is 4.57 Å². The van der Waals surface area contributed by atoms with Crippen molar-refractivity contribution in [2.75, 3.05) is 32.2 Å². The number of hydrogen-bond donors (Lipinski definition) is 1. The van der Waals surface area contributed by atoms with Gasteiger partial charge in [-0.2, -0.15) is 0 Å². The summed E-state index contributed by atoms with van der Waals surface area (Å²) in [6, 6.07) is 6.02. The van der Waals surface area contributed by atoms with Gasteiger partial charge in [0.25, 0.3) is 0 Å². The average molecular weight is 289 g/mol. The Morgan fingerprint density at radius 3 is 2.90 bits per heavy atom. The van der Waals surface area contributed by atoms with Gasteiger partial charge in [-0.1, -0.05) is 0 Å². The molecule has 114 valence electrons. The van der Waals surface area contributed by atoms with Gasteiger partial charge in [0.2, 0.25) is 5.95 Å². The minimum absolute atomic E-state index is 0.764. The Hall–Kier alpha value is -2.01. The molecule has 0 bridgehead atoms. The van der Waals surface area contributed by atoms with Gasteiger partial charge < -0.3 is 14.8 Å². The summed E-state index contributed by atoms with van der Waals surface area (Å²) in [7, 11) is 1.68. The molecule has 0 amide bonds. The summed E-state index contributed by atoms with van der Waals surface area (Å²) in [6.45, 7) is 6.45. The molecular formula is C16H23N3O2. The SMILES string of the molecule is CCOCCCNc1nccn1-c1ccc(OC)cc1C. The van der Waals surface area contributed by atoms with Crippen LogP contribution in [0.15, 0.2) is 30.6 Å². The lowest BCUT2D eigenvalue weighted by Crippen LogP contribution is -2.10. The van der Waals surface area contributed by atoms with E-state index in [1.807, 2.05) is 31.3 Å². The zero-order valence-electron chi connectivity index (χ0n) is 12.9. The van der Waals surface area contributed by atoms with E-state index in [1.165, 1.54) is 0 Å². The molecule has 0 aliphatic rings. The number of aryl methyl sites for hydroxylation is 1. The lowest BCUT2D eigenvalue weighted by molar-refractivity contribution is 0.147. The monoisotopic (exact) mass is 289 g/mol. The predicted molar refractivity (Wildman–Crippen MR) is 84.5 cm³/mol. The fraction of sp³-hybridized carbons (Fsp3) is 0.438. The molecule has 21 heavy (non-hydrogen) atoms. The Balaban J connectivity index is 2.06. The molecule has 1 aromatic heterocycles. The second kappa shape index (κ2) is 7.69. The molecule has 1 heterocycles. The summed E-state index contributed by atoms with van der Waals surface area (Å²) in [6.07, 6.45) is 4.72. The van der Waals surface area contributed by atoms with Gasteiger partial charge in [-0.05, 0) is 44.0 Å². The lowest BCUT2D eigenvalue weighted by Gasteiger charge is -2.13. The number of rotatable bonds is 8. The van der Waals surface area contributed by atoms with E-state index < -0.39 is 0 Å². The molecule has 0 fully saturated rings. The highest BCUT2D eigenvalue weighted by Crippen LogP contribution is 2.22. The standard InChI is InChI=1S/C16H23N3O2/c1-4-21-11-5-8-17-16-18-9-10-19(16)15-7-6-14(20-3)12-13(15)2/h6-7,9-10,12H,4-5,8,11H2,1-3H3,(H,17,18). The van der Waals surface area contributed by atoms with Crippen molar-refractivity contribution in [2.24, 2.45) is 0 Å². The lowest BCUT2D eigenvalue weighted by atomic mass is 10.2. The van der Waals surface area contributed by atoms with Crippen LogP contribution in [0.5, 0.6) is 5.75 Å². The summed E-state index contributed by atoms with van der Waals surface area (Å²) < 4.78 is 12.6. The van der Waals surface area contributed by atoms with Crippen LogP contribution in [-0.2, 0) is 4.74 Å². The maximum absolute atomic E-state index is 5.33. The van der Waals surface area contributed by atoms with Crippen LogP contribution >= 0.6 is 0 Å². The number of methoxy groups -OCH3 is 1. The number of nitrogens with zero attached hydrogens (tertiary/aromatic N) is 2. The number of hydrogen-bond acceptors (Lipinski definition) is 4. The van der Waals surface area contributed by atoms with Crippen LogP contribution in [0.1, 0.15) is 18.9 Å². The van der Waals surface area contributed by atoms with Gasteiger partial charge >= 0.3 is 0 Å². The Morgan fingerprint density at radius 2 is 2.19 bits per heavy atom. The minimum atomic E-state index is 0.764. The first-order chi connectivity index (χ1) is 10.3. The van der Waals surface area contributed by atoms with Crippen LogP contribution in [0.25, 0.3) is 5.69 Å². The quantitative estimate of drug-likeness (QED) is 0.759. The normalized spacial score (nSPS) is 10.6. The third-order valence-electron chi connectivity index (χ3n) is 3.26. The van der Waals surface area contributed by atoms with Gasteiger partial charge in [0.1, 0.15) is 5.75 Å². The number of anilines is 1. The first-order valence-corrected chi connectivity index (χ1v) is 7.26. The average Bonchev–Trinajstić information content (AvgIpc) is 2.95. The molecule has 2 rings (SSSR count). The molecule has 5 nitrogen and oxygen atoms in total. The van der Waals surface area contributed by atoms with E-state index >= 15 is 0 Å². The van der Waals surface area contributed by atoms with Crippen LogP contribution in [0.2, 0.25) is 0 Å². The maximum atomic E-state index is 5.33. The molecule has 0 aliphatic heterocycles. The topological polar surface area (TPSA) is 48.3 Å². The number of ether oxygens (including phenoxy) is 2. The highest BCUT2D eigenvalue weighted by molar-refractivity contribution is 5.49. The first-order valence-electron chi connectivity index (χ1n) is 7.26. The van der Waals surface area contributed by atoms with Gasteiger partial charge in [-0.15, -0.1) is 0 Å². The molecule has 0 saturated carbocycles. The predicted octanol–water partition coefficient (Wildman–Crippen LogP) is 3.03. The fourth-order valence-electron chi connectivity index (χ4n) is 2.17. The highest BCUT2D eigenvalue weighted by atomic mass is 16.5. The molecule has 0 saturated heterocycles. The number of imidazole rings is 1. The zero-order chi connectivity index (χ0) is 15.1. The molecule has 0 radical (unpaired) electrons. The van der Waals surface area contributed by atoms with E-state index in [4.69, 9.17) is 9.47 Å².